The maximum atomic E-state index is 13.2. The summed E-state index contributed by atoms with van der Waals surface area (Å²) in [6.07, 6.45) is 8.07. The molecule has 38 heavy (non-hydrogen) atoms. The molecule has 2 aliphatic rings. The van der Waals surface area contributed by atoms with Gasteiger partial charge in [0.15, 0.2) is 0 Å². The molecule has 2 fully saturated rings. The molecule has 0 aromatic heterocycles. The number of hydrogen-bond donors (Lipinski definition) is 0. The Labute approximate surface area is 229 Å². The molecule has 4 nitrogen and oxygen atoms in total. The molecule has 0 saturated carbocycles. The molecular weight excluding hydrogens is 466 g/mol. The average Bonchev–Trinajstić information content (AvgIpc) is 3.20. The van der Waals surface area contributed by atoms with Crippen LogP contribution >= 0.6 is 0 Å². The van der Waals surface area contributed by atoms with Crippen LogP contribution in [0.2, 0.25) is 0 Å². The van der Waals surface area contributed by atoms with Gasteiger partial charge < -0.3 is 9.80 Å². The number of fused-ring (bicyclic) bond motifs is 2. The highest BCUT2D eigenvalue weighted by atomic mass is 16.2. The molecule has 2 heterocycles. The van der Waals surface area contributed by atoms with Gasteiger partial charge in [0.05, 0.1) is 0 Å². The summed E-state index contributed by atoms with van der Waals surface area (Å²) in [6, 6.07) is 31.9. The molecule has 4 heteroatoms. The monoisotopic (exact) mass is 509 g/mol. The van der Waals surface area contributed by atoms with Gasteiger partial charge in [0.2, 0.25) is 0 Å². The van der Waals surface area contributed by atoms with Gasteiger partial charge in [0.25, 0.3) is 5.91 Å². The molecule has 5 rings (SSSR count). The van der Waals surface area contributed by atoms with Crippen molar-refractivity contribution < 1.29 is 4.79 Å². The molecule has 3 aromatic carbocycles. The zero-order valence-electron chi connectivity index (χ0n) is 23.1. The van der Waals surface area contributed by atoms with E-state index >= 15 is 0 Å². The van der Waals surface area contributed by atoms with Crippen molar-refractivity contribution in [2.45, 2.75) is 76.9 Å². The van der Waals surface area contributed by atoms with Crippen molar-refractivity contribution in [2.75, 3.05) is 24.5 Å². The van der Waals surface area contributed by atoms with Gasteiger partial charge in [-0.15, -0.1) is 0 Å². The molecule has 0 N–H and O–H groups in total. The summed E-state index contributed by atoms with van der Waals surface area (Å²) in [4.78, 5) is 20.5. The second-order valence-corrected chi connectivity index (χ2v) is 11.0. The summed E-state index contributed by atoms with van der Waals surface area (Å²) in [5.74, 6) is 0.149. The van der Waals surface area contributed by atoms with E-state index in [-0.39, 0.29) is 5.91 Å². The third-order valence-electron chi connectivity index (χ3n) is 8.43. The second kappa shape index (κ2) is 12.6. The van der Waals surface area contributed by atoms with E-state index in [1.807, 2.05) is 17.0 Å². The maximum absolute atomic E-state index is 13.2. The number of nitrogens with zero attached hydrogens (tertiary/aromatic N) is 3. The summed E-state index contributed by atoms with van der Waals surface area (Å²) in [5, 5.41) is 0. The molecule has 0 aliphatic carbocycles. The van der Waals surface area contributed by atoms with Crippen molar-refractivity contribution in [3.05, 3.63) is 96.1 Å². The van der Waals surface area contributed by atoms with Gasteiger partial charge in [0.1, 0.15) is 0 Å². The molecule has 2 aliphatic heterocycles. The largest absolute Gasteiger partial charge is 0.339 e. The number of carbonyl (C=O) groups is 1. The number of piperidine rings is 1. The average molecular weight is 510 g/mol. The number of hydrogen-bond acceptors (Lipinski definition) is 3. The molecule has 1 amide bonds. The standard InChI is InChI=1S/C34H43N3O/c1-3-22-35(23-4-2)34(38)28-15-17-30(18-16-28)37(29-13-9-6-10-14-29)33-25-31-19-20-32(26-33)36(31)24-21-27-11-7-5-8-12-27/h5-18,31-33H,3-4,19-26H2,1-2H3. The lowest BCUT2D eigenvalue weighted by Gasteiger charge is -2.44. The first kappa shape index (κ1) is 26.5. The van der Waals surface area contributed by atoms with Crippen LogP contribution in [0.5, 0.6) is 0 Å². The van der Waals surface area contributed by atoms with Crippen LogP contribution in [-0.4, -0.2) is 53.5 Å². The van der Waals surface area contributed by atoms with Gasteiger partial charge in [-0.2, -0.15) is 0 Å². The minimum absolute atomic E-state index is 0.149. The van der Waals surface area contributed by atoms with Crippen LogP contribution in [0.1, 0.15) is 68.3 Å². The van der Waals surface area contributed by atoms with Gasteiger partial charge in [-0.25, -0.2) is 0 Å². The minimum Gasteiger partial charge on any atom is -0.339 e. The van der Waals surface area contributed by atoms with Crippen molar-refractivity contribution in [2.24, 2.45) is 0 Å². The van der Waals surface area contributed by atoms with Crippen LogP contribution in [0, 0.1) is 0 Å². The van der Waals surface area contributed by atoms with E-state index in [2.05, 4.69) is 96.4 Å². The molecule has 0 spiro atoms. The number of amides is 1. The van der Waals surface area contributed by atoms with Crippen LogP contribution < -0.4 is 4.90 Å². The van der Waals surface area contributed by atoms with E-state index in [9.17, 15) is 4.79 Å². The van der Waals surface area contributed by atoms with Crippen molar-refractivity contribution in [1.29, 1.82) is 0 Å². The van der Waals surface area contributed by atoms with Gasteiger partial charge >= 0.3 is 0 Å². The number of para-hydroxylation sites is 1. The number of anilines is 2. The minimum atomic E-state index is 0.149. The van der Waals surface area contributed by atoms with Crippen LogP contribution in [-0.2, 0) is 6.42 Å². The fourth-order valence-corrected chi connectivity index (χ4v) is 6.69. The van der Waals surface area contributed by atoms with E-state index in [4.69, 9.17) is 0 Å². The Bertz CT molecular complexity index is 1130. The van der Waals surface area contributed by atoms with Crippen LogP contribution in [0.4, 0.5) is 11.4 Å². The summed E-state index contributed by atoms with van der Waals surface area (Å²) in [6.45, 7) is 7.06. The van der Waals surface area contributed by atoms with E-state index in [1.54, 1.807) is 0 Å². The fourth-order valence-electron chi connectivity index (χ4n) is 6.69. The quantitative estimate of drug-likeness (QED) is 0.271. The predicted molar refractivity (Wildman–Crippen MR) is 158 cm³/mol. The SMILES string of the molecule is CCCN(CCC)C(=O)c1ccc(N(c2ccccc2)C2CC3CCC(C2)N3CCc2ccccc2)cc1. The van der Waals surface area contributed by atoms with Gasteiger partial charge in [0, 0.05) is 54.7 Å². The highest BCUT2D eigenvalue weighted by Gasteiger charge is 2.42. The lowest BCUT2D eigenvalue weighted by Crippen LogP contribution is -2.50. The highest BCUT2D eigenvalue weighted by Crippen LogP contribution is 2.41. The molecule has 3 aromatic rings. The highest BCUT2D eigenvalue weighted by molar-refractivity contribution is 5.94. The van der Waals surface area contributed by atoms with Crippen molar-refractivity contribution in [3.63, 3.8) is 0 Å². The molecule has 0 radical (unpaired) electrons. The Kier molecular flexibility index (Phi) is 8.80. The van der Waals surface area contributed by atoms with Crippen LogP contribution in [0.3, 0.4) is 0 Å². The number of carbonyl (C=O) groups excluding carboxylic acids is 1. The predicted octanol–water partition coefficient (Wildman–Crippen LogP) is 7.33. The Hall–Kier alpha value is -3.11. The van der Waals surface area contributed by atoms with E-state index in [0.717, 1.165) is 44.5 Å². The Balaban J connectivity index is 1.34. The Morgan fingerprint density at radius 3 is 1.89 bits per heavy atom. The first-order valence-electron chi connectivity index (χ1n) is 14.7. The number of rotatable bonds is 11. The summed E-state index contributed by atoms with van der Waals surface area (Å²) < 4.78 is 0. The fraction of sp³-hybridized carbons (Fsp3) is 0.441. The first-order valence-corrected chi connectivity index (χ1v) is 14.7. The zero-order chi connectivity index (χ0) is 26.3. The van der Waals surface area contributed by atoms with Crippen molar-refractivity contribution in [1.82, 2.24) is 9.80 Å². The maximum Gasteiger partial charge on any atom is 0.253 e. The van der Waals surface area contributed by atoms with Gasteiger partial charge in [-0.3, -0.25) is 9.69 Å². The lowest BCUT2D eigenvalue weighted by molar-refractivity contribution is 0.0755. The normalized spacial score (nSPS) is 20.8. The molecule has 2 unspecified atom stereocenters. The molecular formula is C34H43N3O. The van der Waals surface area contributed by atoms with Gasteiger partial charge in [-0.1, -0.05) is 62.4 Å². The molecule has 2 saturated heterocycles. The summed E-state index contributed by atoms with van der Waals surface area (Å²) in [7, 11) is 0. The van der Waals surface area contributed by atoms with Gasteiger partial charge in [-0.05, 0) is 86.9 Å². The summed E-state index contributed by atoms with van der Waals surface area (Å²) >= 11 is 0. The smallest absolute Gasteiger partial charge is 0.253 e. The first-order chi connectivity index (χ1) is 18.7. The molecule has 2 atom stereocenters. The van der Waals surface area contributed by atoms with E-state index in [0.29, 0.717) is 18.1 Å². The van der Waals surface area contributed by atoms with E-state index in [1.165, 1.54) is 42.6 Å². The van der Waals surface area contributed by atoms with Crippen molar-refractivity contribution in [3.8, 4) is 0 Å². The van der Waals surface area contributed by atoms with E-state index < -0.39 is 0 Å². The Morgan fingerprint density at radius 2 is 1.32 bits per heavy atom. The summed E-state index contributed by atoms with van der Waals surface area (Å²) in [5.41, 5.74) is 4.66. The number of benzene rings is 3. The van der Waals surface area contributed by atoms with Crippen LogP contribution in [0.25, 0.3) is 0 Å². The zero-order valence-corrected chi connectivity index (χ0v) is 23.1. The lowest BCUT2D eigenvalue weighted by atomic mass is 9.94. The molecule has 200 valence electrons. The van der Waals surface area contributed by atoms with Crippen molar-refractivity contribution >= 4 is 17.3 Å². The molecule has 2 bridgehead atoms. The third-order valence-corrected chi connectivity index (χ3v) is 8.43. The second-order valence-electron chi connectivity index (χ2n) is 11.0. The van der Waals surface area contributed by atoms with Crippen LogP contribution in [0.15, 0.2) is 84.9 Å². The topological polar surface area (TPSA) is 26.8 Å². The Morgan fingerprint density at radius 1 is 0.763 bits per heavy atom. The third kappa shape index (κ3) is 5.96.